The first-order valence-corrected chi connectivity index (χ1v) is 8.38. The minimum atomic E-state index is -0.722. The van der Waals surface area contributed by atoms with Crippen molar-refractivity contribution in [3.8, 4) is 28.3 Å². The molecule has 0 aliphatic carbocycles. The van der Waals surface area contributed by atoms with Gasteiger partial charge in [0.25, 0.3) is 5.91 Å². The average molecular weight is 363 g/mol. The van der Waals surface area contributed by atoms with Crippen LogP contribution in [0.2, 0.25) is 0 Å². The molecule has 2 heterocycles. The number of carbonyl (C=O) groups excluding carboxylic acids is 1. The molecule has 134 valence electrons. The Balaban J connectivity index is 2.06. The molecule has 4 rings (SSSR count). The molecule has 0 saturated heterocycles. The van der Waals surface area contributed by atoms with E-state index in [9.17, 15) is 18.8 Å². The van der Waals surface area contributed by atoms with Crippen LogP contribution in [0.1, 0.15) is 27.3 Å². The highest BCUT2D eigenvalue weighted by molar-refractivity contribution is 6.02. The molecule has 27 heavy (non-hydrogen) atoms. The van der Waals surface area contributed by atoms with Gasteiger partial charge in [-0.05, 0) is 53.9 Å². The third kappa shape index (κ3) is 2.59. The summed E-state index contributed by atoms with van der Waals surface area (Å²) >= 11 is 0. The zero-order chi connectivity index (χ0) is 19.3. The number of hydrogen-bond acceptors (Lipinski definition) is 2. The Morgan fingerprint density at radius 2 is 1.78 bits per heavy atom. The molecule has 0 radical (unpaired) electrons. The molecule has 1 aliphatic heterocycles. The van der Waals surface area contributed by atoms with Gasteiger partial charge in [-0.25, -0.2) is 8.78 Å². The maximum absolute atomic E-state index is 14.5. The van der Waals surface area contributed by atoms with Crippen LogP contribution in [0.5, 0.6) is 0 Å². The van der Waals surface area contributed by atoms with Gasteiger partial charge in [-0.1, -0.05) is 0 Å². The Morgan fingerprint density at radius 3 is 2.48 bits per heavy atom. The maximum Gasteiger partial charge on any atom is 0.251 e. The summed E-state index contributed by atoms with van der Waals surface area (Å²) in [4.78, 5) is 12.1. The van der Waals surface area contributed by atoms with Crippen molar-refractivity contribution in [2.24, 2.45) is 7.05 Å². The Labute approximate surface area is 154 Å². The Hall–Kier alpha value is -3.46. The normalized spacial score (nSPS) is 12.6. The lowest BCUT2D eigenvalue weighted by atomic mass is 9.90. The highest BCUT2D eigenvalue weighted by Crippen LogP contribution is 2.39. The standard InChI is InChI=1S/C21H15F2N3O/c1-11-5-18(20(9-24)26(11)2)16-6-12-10-25-21(27)15(12)8-17(16)14-4-3-13(22)7-19(14)23/h3-8H,10H2,1-2H3,(H,25,27). The number of nitriles is 1. The topological polar surface area (TPSA) is 57.8 Å². The van der Waals surface area contributed by atoms with E-state index in [1.165, 1.54) is 12.1 Å². The van der Waals surface area contributed by atoms with Crippen LogP contribution in [-0.4, -0.2) is 10.5 Å². The van der Waals surface area contributed by atoms with Gasteiger partial charge in [-0.15, -0.1) is 0 Å². The van der Waals surface area contributed by atoms with E-state index in [0.29, 0.717) is 34.5 Å². The molecule has 0 spiro atoms. The molecule has 4 nitrogen and oxygen atoms in total. The van der Waals surface area contributed by atoms with Gasteiger partial charge in [-0.2, -0.15) is 5.26 Å². The minimum Gasteiger partial charge on any atom is -0.348 e. The predicted octanol–water partition coefficient (Wildman–Crippen LogP) is 4.06. The first-order chi connectivity index (χ1) is 12.9. The zero-order valence-corrected chi connectivity index (χ0v) is 14.7. The number of nitrogens with one attached hydrogen (secondary N) is 1. The van der Waals surface area contributed by atoms with Crippen molar-refractivity contribution in [2.75, 3.05) is 0 Å². The second-order valence-electron chi connectivity index (χ2n) is 6.58. The van der Waals surface area contributed by atoms with Crippen molar-refractivity contribution in [1.29, 1.82) is 5.26 Å². The minimum absolute atomic E-state index is 0.180. The quantitative estimate of drug-likeness (QED) is 0.746. The fourth-order valence-electron chi connectivity index (χ4n) is 3.50. The Bertz CT molecular complexity index is 1160. The number of aryl methyl sites for hydroxylation is 1. The number of benzene rings is 2. The van der Waals surface area contributed by atoms with E-state index in [4.69, 9.17) is 0 Å². The highest BCUT2D eigenvalue weighted by Gasteiger charge is 2.25. The number of nitrogens with zero attached hydrogens (tertiary/aromatic N) is 2. The molecule has 3 aromatic rings. The van der Waals surface area contributed by atoms with Crippen LogP contribution >= 0.6 is 0 Å². The molecule has 0 fully saturated rings. The molecule has 1 aliphatic rings. The number of halogens is 2. The van der Waals surface area contributed by atoms with Gasteiger partial charge in [-0.3, -0.25) is 4.79 Å². The van der Waals surface area contributed by atoms with Gasteiger partial charge in [0.15, 0.2) is 0 Å². The van der Waals surface area contributed by atoms with Gasteiger partial charge in [0, 0.05) is 42.0 Å². The lowest BCUT2D eigenvalue weighted by Crippen LogP contribution is -2.12. The van der Waals surface area contributed by atoms with Gasteiger partial charge in [0.2, 0.25) is 0 Å². The van der Waals surface area contributed by atoms with Crippen molar-refractivity contribution < 1.29 is 13.6 Å². The molecule has 2 aromatic carbocycles. The number of fused-ring (bicyclic) bond motifs is 1. The summed E-state index contributed by atoms with van der Waals surface area (Å²) in [5.74, 6) is -1.63. The summed E-state index contributed by atoms with van der Waals surface area (Å²) in [6.07, 6.45) is 0. The fourth-order valence-corrected chi connectivity index (χ4v) is 3.50. The SMILES string of the molecule is Cc1cc(-c2cc3c(cc2-c2ccc(F)cc2F)C(=O)NC3)c(C#N)n1C. The first-order valence-electron chi connectivity index (χ1n) is 8.38. The van der Waals surface area contributed by atoms with Crippen LogP contribution in [-0.2, 0) is 13.6 Å². The van der Waals surface area contributed by atoms with E-state index in [1.54, 1.807) is 23.7 Å². The molecule has 0 atom stereocenters. The van der Waals surface area contributed by atoms with E-state index >= 15 is 0 Å². The molecule has 6 heteroatoms. The maximum atomic E-state index is 14.5. The number of amides is 1. The summed E-state index contributed by atoms with van der Waals surface area (Å²) in [6.45, 7) is 2.25. The molecule has 1 amide bonds. The van der Waals surface area contributed by atoms with Crippen molar-refractivity contribution in [3.05, 3.63) is 70.5 Å². The van der Waals surface area contributed by atoms with Gasteiger partial charge in [0.05, 0.1) is 0 Å². The predicted molar refractivity (Wildman–Crippen MR) is 96.8 cm³/mol. The van der Waals surface area contributed by atoms with Crippen molar-refractivity contribution in [3.63, 3.8) is 0 Å². The summed E-state index contributed by atoms with van der Waals surface area (Å²) in [5.41, 5.74) is 4.48. The zero-order valence-electron chi connectivity index (χ0n) is 14.7. The second kappa shape index (κ2) is 6.06. The lowest BCUT2D eigenvalue weighted by Gasteiger charge is -2.13. The van der Waals surface area contributed by atoms with Gasteiger partial charge in [0.1, 0.15) is 23.4 Å². The van der Waals surface area contributed by atoms with E-state index in [0.717, 1.165) is 17.3 Å². The summed E-state index contributed by atoms with van der Waals surface area (Å²) in [5, 5.41) is 12.3. The number of aromatic nitrogens is 1. The second-order valence-corrected chi connectivity index (χ2v) is 6.58. The largest absolute Gasteiger partial charge is 0.348 e. The van der Waals surface area contributed by atoms with Gasteiger partial charge >= 0.3 is 0 Å². The third-order valence-corrected chi connectivity index (χ3v) is 5.02. The Kier molecular flexibility index (Phi) is 3.81. The van der Waals surface area contributed by atoms with Crippen LogP contribution in [0.3, 0.4) is 0 Å². The van der Waals surface area contributed by atoms with Crippen LogP contribution in [0, 0.1) is 29.9 Å². The molecular formula is C21H15F2N3O. The fraction of sp³-hybridized carbons (Fsp3) is 0.143. The molecule has 0 bridgehead atoms. The monoisotopic (exact) mass is 363 g/mol. The number of hydrogen-bond donors (Lipinski definition) is 1. The molecule has 0 unspecified atom stereocenters. The average Bonchev–Trinajstić information content (AvgIpc) is 3.14. The summed E-state index contributed by atoms with van der Waals surface area (Å²) in [7, 11) is 1.79. The smallest absolute Gasteiger partial charge is 0.251 e. The van der Waals surface area contributed by atoms with E-state index in [-0.39, 0.29) is 11.5 Å². The molecule has 1 N–H and O–H groups in total. The summed E-state index contributed by atoms with van der Waals surface area (Å²) in [6, 6.07) is 10.8. The number of carbonyl (C=O) groups is 1. The van der Waals surface area contributed by atoms with Crippen molar-refractivity contribution in [1.82, 2.24) is 9.88 Å². The van der Waals surface area contributed by atoms with Crippen LogP contribution < -0.4 is 5.32 Å². The van der Waals surface area contributed by atoms with E-state index < -0.39 is 11.6 Å². The van der Waals surface area contributed by atoms with Crippen LogP contribution in [0.15, 0.2) is 36.4 Å². The number of rotatable bonds is 2. The van der Waals surface area contributed by atoms with Crippen LogP contribution in [0.4, 0.5) is 8.78 Å². The first kappa shape index (κ1) is 17.0. The van der Waals surface area contributed by atoms with Crippen molar-refractivity contribution in [2.45, 2.75) is 13.5 Å². The highest BCUT2D eigenvalue weighted by atomic mass is 19.1. The van der Waals surface area contributed by atoms with E-state index in [1.807, 2.05) is 13.0 Å². The summed E-state index contributed by atoms with van der Waals surface area (Å²) < 4.78 is 29.7. The lowest BCUT2D eigenvalue weighted by molar-refractivity contribution is 0.0966. The van der Waals surface area contributed by atoms with Crippen molar-refractivity contribution >= 4 is 5.91 Å². The molecular weight excluding hydrogens is 348 g/mol. The molecule has 0 saturated carbocycles. The van der Waals surface area contributed by atoms with E-state index in [2.05, 4.69) is 11.4 Å². The van der Waals surface area contributed by atoms with Crippen LogP contribution in [0.25, 0.3) is 22.3 Å². The molecule has 1 aromatic heterocycles. The third-order valence-electron chi connectivity index (χ3n) is 5.02. The van der Waals surface area contributed by atoms with Gasteiger partial charge < -0.3 is 9.88 Å². The Morgan fingerprint density at radius 1 is 1.04 bits per heavy atom.